The molecule has 53 heavy (non-hydrogen) atoms. The number of carbonyl (C=O) groups excluding carboxylic acids is 3. The molecule has 8 rings (SSSR count). The van der Waals surface area contributed by atoms with Gasteiger partial charge in [-0.2, -0.15) is 0 Å². The Hall–Kier alpha value is -3.19. The van der Waals surface area contributed by atoms with Gasteiger partial charge in [0, 0.05) is 46.7 Å². The molecule has 3 N–H and O–H groups in total. The lowest BCUT2D eigenvalue weighted by Crippen LogP contribution is -2.59. The van der Waals surface area contributed by atoms with Crippen LogP contribution in [0.2, 0.25) is 0 Å². The first-order valence-corrected chi connectivity index (χ1v) is 21.2. The molecule has 14 heteroatoms. The summed E-state index contributed by atoms with van der Waals surface area (Å²) in [6.45, 7) is 5.12. The summed E-state index contributed by atoms with van der Waals surface area (Å²) in [4.78, 5) is 68.5. The summed E-state index contributed by atoms with van der Waals surface area (Å²) in [7, 11) is -2.88. The van der Waals surface area contributed by atoms with Crippen molar-refractivity contribution >= 4 is 46.7 Å². The van der Waals surface area contributed by atoms with Crippen LogP contribution in [0.5, 0.6) is 0 Å². The Bertz CT molecular complexity index is 1950. The minimum atomic E-state index is -5.00. The summed E-state index contributed by atoms with van der Waals surface area (Å²) in [5.74, 6) is -2.87. The largest absolute Gasteiger partial charge is 0.380 e. The third-order valence-electron chi connectivity index (χ3n) is 12.4. The number of thiophene rings is 1. The number of likely N-dealkylation sites (tertiary alicyclic amines) is 1. The highest BCUT2D eigenvalue weighted by Gasteiger charge is 2.58. The second-order valence-corrected chi connectivity index (χ2v) is 19.2. The van der Waals surface area contributed by atoms with E-state index in [0.29, 0.717) is 54.0 Å². The Morgan fingerprint density at radius 1 is 1.09 bits per heavy atom. The number of rotatable bonds is 9. The fourth-order valence-electron chi connectivity index (χ4n) is 9.46. The van der Waals surface area contributed by atoms with Crippen LogP contribution in [-0.2, 0) is 18.9 Å². The molecule has 1 aromatic heterocycles. The number of ether oxygens (including phenoxy) is 1. The molecule has 4 saturated heterocycles. The molecule has 1 spiro atoms. The highest BCUT2D eigenvalue weighted by atomic mass is 32.1. The second kappa shape index (κ2) is 13.8. The molecule has 3 aromatic rings. The zero-order valence-corrected chi connectivity index (χ0v) is 31.9. The highest BCUT2D eigenvalue weighted by molar-refractivity contribution is 7.51. The first-order chi connectivity index (χ1) is 25.2. The van der Waals surface area contributed by atoms with Gasteiger partial charge in [-0.05, 0) is 93.1 Å². The molecule has 0 bridgehead atoms. The number of amides is 3. The highest BCUT2D eigenvalue weighted by Crippen LogP contribution is 2.55. The lowest BCUT2D eigenvalue weighted by molar-refractivity contribution is -0.148. The SMILES string of the molecule is CN(CC1(C)COC1)[C@H]1CCC(NC(=O)c2cc3cc([C@H](F)P(=O)(O)O)ccc3s2)C(=O)N2[C@H](CC[C@H]2C(=O)N2C[C@H](c3ccccc3)CC23CC3)C1. The molecule has 6 atom stereocenters. The normalized spacial score (nSPS) is 28.4. The van der Waals surface area contributed by atoms with Crippen molar-refractivity contribution in [1.29, 1.82) is 0 Å². The minimum Gasteiger partial charge on any atom is -0.380 e. The number of halogens is 1. The van der Waals surface area contributed by atoms with Crippen LogP contribution in [0, 0.1) is 5.41 Å². The van der Waals surface area contributed by atoms with E-state index < -0.39 is 31.5 Å². The van der Waals surface area contributed by atoms with Crippen LogP contribution >= 0.6 is 18.9 Å². The Labute approximate surface area is 313 Å². The summed E-state index contributed by atoms with van der Waals surface area (Å²) < 4.78 is 32.2. The van der Waals surface area contributed by atoms with E-state index in [2.05, 4.69) is 41.2 Å². The first-order valence-electron chi connectivity index (χ1n) is 18.7. The molecule has 284 valence electrons. The van der Waals surface area contributed by atoms with Gasteiger partial charge in [0.25, 0.3) is 5.91 Å². The van der Waals surface area contributed by atoms with Crippen molar-refractivity contribution in [2.24, 2.45) is 5.41 Å². The Morgan fingerprint density at radius 2 is 1.85 bits per heavy atom. The fraction of sp³-hybridized carbons (Fsp3) is 0.564. The van der Waals surface area contributed by atoms with Gasteiger partial charge in [0.05, 0.1) is 18.1 Å². The Balaban J connectivity index is 1.05. The predicted octanol–water partition coefficient (Wildman–Crippen LogP) is 5.57. The Morgan fingerprint density at radius 3 is 2.53 bits per heavy atom. The van der Waals surface area contributed by atoms with Crippen molar-refractivity contribution in [2.75, 3.05) is 33.4 Å². The number of fused-ring (bicyclic) bond motifs is 2. The number of hydrogen-bond donors (Lipinski definition) is 3. The van der Waals surface area contributed by atoms with Gasteiger partial charge in [-0.1, -0.05) is 43.3 Å². The molecule has 1 saturated carbocycles. The van der Waals surface area contributed by atoms with E-state index in [-0.39, 0.29) is 46.3 Å². The summed E-state index contributed by atoms with van der Waals surface area (Å²) in [5.41, 5.74) is 0.989. The molecular weight excluding hydrogens is 718 g/mol. The zero-order valence-electron chi connectivity index (χ0n) is 30.2. The van der Waals surface area contributed by atoms with E-state index >= 15 is 0 Å². The van der Waals surface area contributed by atoms with Crippen molar-refractivity contribution in [3.63, 3.8) is 0 Å². The van der Waals surface area contributed by atoms with Gasteiger partial charge in [-0.3, -0.25) is 18.9 Å². The maximum atomic E-state index is 14.7. The third kappa shape index (κ3) is 7.09. The van der Waals surface area contributed by atoms with Crippen LogP contribution in [0.3, 0.4) is 0 Å². The van der Waals surface area contributed by atoms with Crippen molar-refractivity contribution < 1.29 is 37.9 Å². The minimum absolute atomic E-state index is 0.0215. The average molecular weight is 767 g/mol. The summed E-state index contributed by atoms with van der Waals surface area (Å²) in [6, 6.07) is 14.7. The monoisotopic (exact) mass is 766 g/mol. The summed E-state index contributed by atoms with van der Waals surface area (Å²) in [6.07, 6.45) is 6.04. The van der Waals surface area contributed by atoms with Crippen molar-refractivity contribution in [3.05, 3.63) is 70.6 Å². The predicted molar refractivity (Wildman–Crippen MR) is 199 cm³/mol. The van der Waals surface area contributed by atoms with Gasteiger partial charge in [0.2, 0.25) is 17.7 Å². The van der Waals surface area contributed by atoms with Gasteiger partial charge in [-0.25, -0.2) is 4.39 Å². The molecule has 5 aliphatic rings. The molecule has 5 fully saturated rings. The van der Waals surface area contributed by atoms with Crippen molar-refractivity contribution in [1.82, 2.24) is 20.0 Å². The molecule has 5 heterocycles. The molecule has 0 radical (unpaired) electrons. The van der Waals surface area contributed by atoms with Gasteiger partial charge >= 0.3 is 7.60 Å². The van der Waals surface area contributed by atoms with E-state index in [1.54, 1.807) is 12.1 Å². The molecule has 2 aromatic carbocycles. The zero-order chi connectivity index (χ0) is 37.3. The van der Waals surface area contributed by atoms with Crippen LogP contribution in [0.25, 0.3) is 10.1 Å². The van der Waals surface area contributed by atoms with Crippen LogP contribution in [0.4, 0.5) is 4.39 Å². The molecule has 4 aliphatic heterocycles. The number of nitrogens with one attached hydrogen (secondary N) is 1. The van der Waals surface area contributed by atoms with Crippen LogP contribution < -0.4 is 5.32 Å². The number of nitrogens with zero attached hydrogens (tertiary/aromatic N) is 3. The van der Waals surface area contributed by atoms with E-state index in [9.17, 15) is 33.1 Å². The van der Waals surface area contributed by atoms with Gasteiger partial charge in [-0.15, -0.1) is 11.3 Å². The smallest absolute Gasteiger partial charge is 0.363 e. The van der Waals surface area contributed by atoms with Crippen LogP contribution in [0.1, 0.15) is 90.9 Å². The van der Waals surface area contributed by atoms with Crippen LogP contribution in [0.15, 0.2) is 54.6 Å². The number of carbonyl (C=O) groups is 3. The Kier molecular flexibility index (Phi) is 9.60. The lowest BCUT2D eigenvalue weighted by atomic mass is 9.86. The molecule has 11 nitrogen and oxygen atoms in total. The number of hydrogen-bond acceptors (Lipinski definition) is 7. The maximum absolute atomic E-state index is 14.7. The fourth-order valence-corrected chi connectivity index (χ4v) is 11.0. The van der Waals surface area contributed by atoms with Crippen molar-refractivity contribution in [2.45, 2.75) is 99.8 Å². The lowest BCUT2D eigenvalue weighted by Gasteiger charge is -2.45. The molecule has 1 unspecified atom stereocenters. The summed E-state index contributed by atoms with van der Waals surface area (Å²) >= 11 is 1.17. The summed E-state index contributed by atoms with van der Waals surface area (Å²) in [5, 5.41) is 3.50. The van der Waals surface area contributed by atoms with E-state index in [1.807, 2.05) is 23.1 Å². The van der Waals surface area contributed by atoms with Gasteiger partial charge in [0.15, 0.2) is 0 Å². The van der Waals surface area contributed by atoms with Gasteiger partial charge < -0.3 is 34.5 Å². The number of benzene rings is 2. The van der Waals surface area contributed by atoms with E-state index in [0.717, 1.165) is 38.6 Å². The first kappa shape index (κ1) is 36.8. The topological polar surface area (TPSA) is 140 Å². The molecule has 3 amide bonds. The average Bonchev–Trinajstić information content (AvgIpc) is 3.41. The molecular formula is C39H48FN4O7PS. The van der Waals surface area contributed by atoms with Crippen LogP contribution in [-0.4, -0.2) is 105 Å². The van der Waals surface area contributed by atoms with Crippen molar-refractivity contribution in [3.8, 4) is 0 Å². The molecule has 1 aliphatic carbocycles. The second-order valence-electron chi connectivity index (χ2n) is 16.5. The third-order valence-corrected chi connectivity index (χ3v) is 14.4. The quantitative estimate of drug-likeness (QED) is 0.240. The van der Waals surface area contributed by atoms with E-state index in [1.165, 1.54) is 29.0 Å². The van der Waals surface area contributed by atoms with E-state index in [4.69, 9.17) is 4.74 Å². The number of alkyl halides is 1. The standard InChI is InChI=1S/C39H48FN4O7PS/c1-38(22-51-23-38)21-42(2)28-9-11-30(41-35(45)33-17-26-16-25(8-13-32(26)53-33)34(40)52(48,49)50)36(46)44-29(18-28)10-12-31(44)37(47)43-20-27(19-39(43)14-15-39)24-6-4-3-5-7-24/h3-8,13,16-17,27-31,34H,9-12,14-15,18-23H2,1-2H3,(H,41,45)(H2,48,49,50)/t27-,28+,29-,30?,31+,34-/m1/s1. The maximum Gasteiger partial charge on any atom is 0.363 e. The van der Waals surface area contributed by atoms with Gasteiger partial charge in [0.1, 0.15) is 12.1 Å².